The second-order valence-corrected chi connectivity index (χ2v) is 10.6. The first-order chi connectivity index (χ1) is 16.3. The van der Waals surface area contributed by atoms with Gasteiger partial charge in [0, 0.05) is 6.61 Å². The Balaban J connectivity index is 0. The smallest absolute Gasteiger partial charge is 0.0431 e. The van der Waals surface area contributed by atoms with Crippen LogP contribution in [0.5, 0.6) is 0 Å². The summed E-state index contributed by atoms with van der Waals surface area (Å²) in [5.41, 5.74) is 0. The van der Waals surface area contributed by atoms with E-state index in [0.717, 1.165) is 6.42 Å². The van der Waals surface area contributed by atoms with Crippen LogP contribution in [0, 0.1) is 0 Å². The standard InChI is InChI=1S/C16H34O.C16H34/c1-2-3-4-5-6-7-8-9-10-11-12-13-14-15-16-17;1-3-5-7-9-11-13-15-16-14-12-10-8-6-4-2/h17H,2-16H2,1H3;3-16H2,1-2H3. The van der Waals surface area contributed by atoms with Crippen LogP contribution in [0.4, 0.5) is 0 Å². The first kappa shape index (κ1) is 35.1. The minimum atomic E-state index is 0.373. The molecule has 0 aliphatic rings. The number of aliphatic hydroxyl groups excluding tert-OH is 1. The van der Waals surface area contributed by atoms with Crippen molar-refractivity contribution in [3.8, 4) is 0 Å². The molecule has 202 valence electrons. The fourth-order valence-electron chi connectivity index (χ4n) is 4.57. The summed E-state index contributed by atoms with van der Waals surface area (Å²) in [5, 5.41) is 8.64. The summed E-state index contributed by atoms with van der Waals surface area (Å²) in [6.07, 6.45) is 39.6. The van der Waals surface area contributed by atoms with E-state index in [0.29, 0.717) is 6.61 Å². The van der Waals surface area contributed by atoms with Gasteiger partial charge >= 0.3 is 0 Å². The van der Waals surface area contributed by atoms with Crippen molar-refractivity contribution in [3.05, 3.63) is 0 Å². The summed E-state index contributed by atoms with van der Waals surface area (Å²) in [7, 11) is 0. The maximum atomic E-state index is 8.64. The molecule has 0 heterocycles. The van der Waals surface area contributed by atoms with Crippen molar-refractivity contribution in [2.24, 2.45) is 0 Å². The lowest BCUT2D eigenvalue weighted by Gasteiger charge is -2.02. The molecule has 0 unspecified atom stereocenters. The van der Waals surface area contributed by atoms with Crippen molar-refractivity contribution in [2.75, 3.05) is 6.61 Å². The topological polar surface area (TPSA) is 20.2 Å². The highest BCUT2D eigenvalue weighted by molar-refractivity contribution is 4.50. The van der Waals surface area contributed by atoms with E-state index in [1.165, 1.54) is 173 Å². The third-order valence-corrected chi connectivity index (χ3v) is 6.97. The second kappa shape index (κ2) is 36.5. The molecule has 0 amide bonds. The zero-order valence-corrected chi connectivity index (χ0v) is 24.0. The molecule has 0 fully saturated rings. The van der Waals surface area contributed by atoms with Gasteiger partial charge in [0.15, 0.2) is 0 Å². The zero-order valence-electron chi connectivity index (χ0n) is 24.0. The van der Waals surface area contributed by atoms with Crippen LogP contribution in [-0.2, 0) is 0 Å². The molecule has 0 saturated heterocycles. The molecule has 1 N–H and O–H groups in total. The van der Waals surface area contributed by atoms with Gasteiger partial charge in [-0.25, -0.2) is 0 Å². The summed E-state index contributed by atoms with van der Waals surface area (Å²) in [4.78, 5) is 0. The van der Waals surface area contributed by atoms with E-state index in [2.05, 4.69) is 20.8 Å². The summed E-state index contributed by atoms with van der Waals surface area (Å²) >= 11 is 0. The SMILES string of the molecule is CCCCCCCCCCCCCCCC.CCCCCCCCCCCCCCCCO. The van der Waals surface area contributed by atoms with Crippen molar-refractivity contribution in [1.29, 1.82) is 0 Å². The van der Waals surface area contributed by atoms with Crippen LogP contribution in [0.25, 0.3) is 0 Å². The molecule has 0 aliphatic carbocycles. The first-order valence-electron chi connectivity index (χ1n) is 15.9. The Morgan fingerprint density at radius 2 is 0.394 bits per heavy atom. The highest BCUT2D eigenvalue weighted by Crippen LogP contribution is 2.14. The van der Waals surface area contributed by atoms with Gasteiger partial charge in [0.1, 0.15) is 0 Å². The molecule has 0 saturated carbocycles. The molecule has 33 heavy (non-hydrogen) atoms. The Morgan fingerprint density at radius 1 is 0.242 bits per heavy atom. The van der Waals surface area contributed by atoms with E-state index in [1.807, 2.05) is 0 Å². The van der Waals surface area contributed by atoms with E-state index in [-0.39, 0.29) is 0 Å². The van der Waals surface area contributed by atoms with Gasteiger partial charge in [-0.15, -0.1) is 0 Å². The molecule has 0 bridgehead atoms. The maximum Gasteiger partial charge on any atom is 0.0431 e. The highest BCUT2D eigenvalue weighted by Gasteiger charge is 1.94. The maximum absolute atomic E-state index is 8.64. The van der Waals surface area contributed by atoms with Crippen molar-refractivity contribution >= 4 is 0 Å². The monoisotopic (exact) mass is 469 g/mol. The van der Waals surface area contributed by atoms with Crippen molar-refractivity contribution in [2.45, 2.75) is 201 Å². The largest absolute Gasteiger partial charge is 0.396 e. The zero-order chi connectivity index (χ0) is 24.5. The molecule has 0 atom stereocenters. The van der Waals surface area contributed by atoms with Crippen molar-refractivity contribution in [3.63, 3.8) is 0 Å². The Kier molecular flexibility index (Phi) is 38.9. The summed E-state index contributed by atoms with van der Waals surface area (Å²) in [6.45, 7) is 7.23. The van der Waals surface area contributed by atoms with Gasteiger partial charge in [-0.2, -0.15) is 0 Å². The molecule has 1 nitrogen and oxygen atoms in total. The number of hydrogen-bond acceptors (Lipinski definition) is 1. The third kappa shape index (κ3) is 39.5. The number of rotatable bonds is 27. The quantitative estimate of drug-likeness (QED) is 0.119. The second-order valence-electron chi connectivity index (χ2n) is 10.6. The number of hydrogen-bond donors (Lipinski definition) is 1. The molecule has 0 aromatic heterocycles. The summed E-state index contributed by atoms with van der Waals surface area (Å²) < 4.78 is 0. The Morgan fingerprint density at radius 3 is 0.545 bits per heavy atom. The predicted octanol–water partition coefficient (Wildman–Crippen LogP) is 11.9. The molecule has 0 aliphatic heterocycles. The average molecular weight is 469 g/mol. The van der Waals surface area contributed by atoms with Crippen LogP contribution in [0.1, 0.15) is 201 Å². The van der Waals surface area contributed by atoms with Gasteiger partial charge in [0.05, 0.1) is 0 Å². The minimum absolute atomic E-state index is 0.373. The molecule has 0 aromatic rings. The number of unbranched alkanes of at least 4 members (excludes halogenated alkanes) is 26. The molecule has 0 radical (unpaired) electrons. The lowest BCUT2D eigenvalue weighted by Crippen LogP contribution is -1.84. The number of aliphatic hydroxyl groups is 1. The summed E-state index contributed by atoms with van der Waals surface area (Å²) in [6, 6.07) is 0. The van der Waals surface area contributed by atoms with Gasteiger partial charge in [0.2, 0.25) is 0 Å². The van der Waals surface area contributed by atoms with E-state index >= 15 is 0 Å². The fourth-order valence-corrected chi connectivity index (χ4v) is 4.57. The van der Waals surface area contributed by atoms with E-state index in [1.54, 1.807) is 0 Å². The predicted molar refractivity (Wildman–Crippen MR) is 153 cm³/mol. The molecular formula is C32H68O. The van der Waals surface area contributed by atoms with Crippen molar-refractivity contribution in [1.82, 2.24) is 0 Å². The highest BCUT2D eigenvalue weighted by atomic mass is 16.2. The molecule has 0 rings (SSSR count). The lowest BCUT2D eigenvalue weighted by molar-refractivity contribution is 0.282. The normalized spacial score (nSPS) is 10.9. The first-order valence-corrected chi connectivity index (χ1v) is 15.9. The lowest BCUT2D eigenvalue weighted by atomic mass is 10.0. The van der Waals surface area contributed by atoms with Gasteiger partial charge in [-0.1, -0.05) is 194 Å². The van der Waals surface area contributed by atoms with E-state index < -0.39 is 0 Å². The molecule has 0 spiro atoms. The van der Waals surface area contributed by atoms with Crippen LogP contribution in [0.3, 0.4) is 0 Å². The Bertz CT molecular complexity index is 260. The Labute approximate surface area is 212 Å². The van der Waals surface area contributed by atoms with Crippen LogP contribution >= 0.6 is 0 Å². The van der Waals surface area contributed by atoms with E-state index in [4.69, 9.17) is 5.11 Å². The van der Waals surface area contributed by atoms with E-state index in [9.17, 15) is 0 Å². The summed E-state index contributed by atoms with van der Waals surface area (Å²) in [5.74, 6) is 0. The van der Waals surface area contributed by atoms with Crippen molar-refractivity contribution < 1.29 is 5.11 Å². The van der Waals surface area contributed by atoms with Gasteiger partial charge in [0.25, 0.3) is 0 Å². The minimum Gasteiger partial charge on any atom is -0.396 e. The average Bonchev–Trinajstić information content (AvgIpc) is 2.83. The fraction of sp³-hybridized carbons (Fsp3) is 1.00. The van der Waals surface area contributed by atoms with Gasteiger partial charge in [-0.05, 0) is 6.42 Å². The third-order valence-electron chi connectivity index (χ3n) is 6.97. The van der Waals surface area contributed by atoms with Gasteiger partial charge < -0.3 is 5.11 Å². The van der Waals surface area contributed by atoms with Crippen LogP contribution in [-0.4, -0.2) is 11.7 Å². The van der Waals surface area contributed by atoms with Crippen LogP contribution < -0.4 is 0 Å². The van der Waals surface area contributed by atoms with Crippen LogP contribution in [0.15, 0.2) is 0 Å². The Hall–Kier alpha value is -0.0400. The molecule has 0 aromatic carbocycles. The molecular weight excluding hydrogens is 400 g/mol. The molecule has 1 heteroatoms. The van der Waals surface area contributed by atoms with Gasteiger partial charge in [-0.3, -0.25) is 0 Å². The van der Waals surface area contributed by atoms with Crippen LogP contribution in [0.2, 0.25) is 0 Å².